The highest BCUT2D eigenvalue weighted by molar-refractivity contribution is 7.14. The van der Waals surface area contributed by atoms with Crippen LogP contribution in [0.25, 0.3) is 20.2 Å². The molecule has 6 heteroatoms. The van der Waals surface area contributed by atoms with E-state index in [1.807, 2.05) is 56.4 Å². The summed E-state index contributed by atoms with van der Waals surface area (Å²) in [5.41, 5.74) is 0.332. The average Bonchev–Trinajstić information content (AvgIpc) is 3.22. The first kappa shape index (κ1) is 20.6. The topological polar surface area (TPSA) is 44.0 Å². The molecular weight excluding hydrogens is 388 g/mol. The maximum absolute atomic E-state index is 11.8. The Morgan fingerprint density at radius 1 is 0.679 bits per heavy atom. The van der Waals surface area contributed by atoms with Crippen LogP contribution < -0.4 is 11.1 Å². The van der Waals surface area contributed by atoms with Gasteiger partial charge in [-0.2, -0.15) is 0 Å². The fraction of sp³-hybridized carbons (Fsp3) is 0.364. The summed E-state index contributed by atoms with van der Waals surface area (Å²) in [6.45, 7) is 5.99. The quantitative estimate of drug-likeness (QED) is 0.405. The van der Waals surface area contributed by atoms with Gasteiger partial charge < -0.3 is 0 Å². The fourth-order valence-corrected chi connectivity index (χ4v) is 5.00. The lowest BCUT2D eigenvalue weighted by Crippen LogP contribution is -2.12. The van der Waals surface area contributed by atoms with Crippen LogP contribution in [0.5, 0.6) is 0 Å². The van der Waals surface area contributed by atoms with Crippen LogP contribution in [0.4, 0.5) is 0 Å². The van der Waals surface area contributed by atoms with Gasteiger partial charge in [-0.05, 0) is 37.1 Å². The van der Waals surface area contributed by atoms with Crippen molar-refractivity contribution in [1.82, 2.24) is 7.91 Å². The molecule has 4 aromatic rings. The van der Waals surface area contributed by atoms with Gasteiger partial charge in [-0.15, -0.1) is 0 Å². The number of benzene rings is 2. The van der Waals surface area contributed by atoms with Gasteiger partial charge in [0.1, 0.15) is 0 Å². The van der Waals surface area contributed by atoms with E-state index in [-0.39, 0.29) is 11.1 Å². The van der Waals surface area contributed by atoms with E-state index in [4.69, 9.17) is 0 Å². The maximum atomic E-state index is 11.8. The molecule has 0 saturated heterocycles. The van der Waals surface area contributed by atoms with Gasteiger partial charge in [-0.1, -0.05) is 74.0 Å². The van der Waals surface area contributed by atoms with E-state index in [0.29, 0.717) is 0 Å². The largest absolute Gasteiger partial charge is 0.268 e. The number of rotatable bonds is 6. The van der Waals surface area contributed by atoms with E-state index < -0.39 is 0 Å². The van der Waals surface area contributed by atoms with Gasteiger partial charge in [0.2, 0.25) is 0 Å². The predicted molar refractivity (Wildman–Crippen MR) is 122 cm³/mol. The highest BCUT2D eigenvalue weighted by atomic mass is 32.1. The van der Waals surface area contributed by atoms with Gasteiger partial charge in [0, 0.05) is 13.1 Å². The second-order valence-electron chi connectivity index (χ2n) is 6.70. The van der Waals surface area contributed by atoms with Crippen molar-refractivity contribution < 1.29 is 0 Å². The number of fused-ring (bicyclic) bond motifs is 2. The van der Waals surface area contributed by atoms with Gasteiger partial charge in [-0.25, -0.2) is 0 Å². The molecule has 0 spiro atoms. The smallest absolute Gasteiger partial charge is 0.268 e. The molecule has 2 aromatic heterocycles. The molecule has 0 N–H and O–H groups in total. The molecule has 0 aliphatic rings. The lowest BCUT2D eigenvalue weighted by Gasteiger charge is -1.95. The van der Waals surface area contributed by atoms with Crippen LogP contribution in [0.1, 0.15) is 39.5 Å². The summed E-state index contributed by atoms with van der Waals surface area (Å²) in [6.07, 6.45) is 4.40. The second-order valence-corrected chi connectivity index (χ2v) is 8.82. The first-order chi connectivity index (χ1) is 13.7. The van der Waals surface area contributed by atoms with Crippen molar-refractivity contribution in [3.8, 4) is 0 Å². The minimum atomic E-state index is 0.166. The molecule has 4 rings (SSSR count). The molecule has 0 aliphatic carbocycles. The third-order valence-corrected chi connectivity index (χ3v) is 6.78. The Hall–Kier alpha value is -2.18. The van der Waals surface area contributed by atoms with Crippen LogP contribution >= 0.6 is 23.1 Å². The van der Waals surface area contributed by atoms with E-state index in [2.05, 4.69) is 13.8 Å². The summed E-state index contributed by atoms with van der Waals surface area (Å²) in [6, 6.07) is 15.6. The zero-order valence-electron chi connectivity index (χ0n) is 16.4. The zero-order valence-corrected chi connectivity index (χ0v) is 18.0. The van der Waals surface area contributed by atoms with Crippen LogP contribution in [0.2, 0.25) is 0 Å². The highest BCUT2D eigenvalue weighted by Crippen LogP contribution is 2.17. The predicted octanol–water partition coefficient (Wildman–Crippen LogP) is 5.73. The van der Waals surface area contributed by atoms with Crippen molar-refractivity contribution in [2.45, 2.75) is 52.6 Å². The van der Waals surface area contributed by atoms with E-state index in [1.54, 1.807) is 23.1 Å². The molecule has 28 heavy (non-hydrogen) atoms. The van der Waals surface area contributed by atoms with Crippen LogP contribution in [-0.2, 0) is 13.1 Å². The molecule has 0 aliphatic heterocycles. The Bertz CT molecular complexity index is 1060. The van der Waals surface area contributed by atoms with E-state index in [9.17, 15) is 9.59 Å². The number of hydrogen-bond donors (Lipinski definition) is 0. The van der Waals surface area contributed by atoms with Crippen LogP contribution in [0, 0.1) is 0 Å². The number of nitrogens with zero attached hydrogens (tertiary/aromatic N) is 2. The van der Waals surface area contributed by atoms with Crippen molar-refractivity contribution in [2.75, 3.05) is 0 Å². The molecule has 2 aromatic carbocycles. The highest BCUT2D eigenvalue weighted by Gasteiger charge is 2.06. The fourth-order valence-electron chi connectivity index (χ4n) is 2.93. The van der Waals surface area contributed by atoms with Crippen LogP contribution in [-0.4, -0.2) is 7.91 Å². The normalized spacial score (nSPS) is 10.9. The lowest BCUT2D eigenvalue weighted by molar-refractivity contribution is 0.660. The second kappa shape index (κ2) is 9.85. The van der Waals surface area contributed by atoms with E-state index >= 15 is 0 Å². The van der Waals surface area contributed by atoms with Gasteiger partial charge in [0.15, 0.2) is 0 Å². The summed E-state index contributed by atoms with van der Waals surface area (Å²) in [5, 5.41) is 1.71. The van der Waals surface area contributed by atoms with Crippen molar-refractivity contribution in [1.29, 1.82) is 0 Å². The minimum Gasteiger partial charge on any atom is -0.268 e. The molecule has 0 bridgehead atoms. The van der Waals surface area contributed by atoms with Gasteiger partial charge in [0.05, 0.1) is 20.2 Å². The molecule has 0 fully saturated rings. The van der Waals surface area contributed by atoms with Crippen molar-refractivity contribution in [3.63, 3.8) is 0 Å². The number of unbranched alkanes of at least 4 members (excludes halogenated alkanes) is 2. The SMILES string of the molecule is CCCCn1sc2ccccc2c1=O.CCCCn1sc2ccccc2c1=O. The van der Waals surface area contributed by atoms with Gasteiger partial charge >= 0.3 is 0 Å². The molecule has 2 heterocycles. The lowest BCUT2D eigenvalue weighted by atomic mass is 10.3. The summed E-state index contributed by atoms with van der Waals surface area (Å²) in [7, 11) is 0. The van der Waals surface area contributed by atoms with Crippen molar-refractivity contribution >= 4 is 43.2 Å². The first-order valence-corrected chi connectivity index (χ1v) is 11.4. The Balaban J connectivity index is 0.000000161. The standard InChI is InChI=1S/2C11H13NOS/c2*1-2-3-8-12-11(13)9-6-4-5-7-10(9)14-12/h2*4-7H,2-3,8H2,1H3. The van der Waals surface area contributed by atoms with Gasteiger partial charge in [0.25, 0.3) is 11.1 Å². The van der Waals surface area contributed by atoms with E-state index in [0.717, 1.165) is 58.9 Å². The Morgan fingerprint density at radius 3 is 1.43 bits per heavy atom. The van der Waals surface area contributed by atoms with E-state index in [1.165, 1.54) is 0 Å². The first-order valence-electron chi connectivity index (χ1n) is 9.83. The summed E-state index contributed by atoms with van der Waals surface area (Å²) >= 11 is 3.14. The summed E-state index contributed by atoms with van der Waals surface area (Å²) in [4.78, 5) is 23.6. The molecule has 0 unspecified atom stereocenters. The number of aromatic nitrogens is 2. The third kappa shape index (κ3) is 4.62. The molecule has 148 valence electrons. The molecule has 0 atom stereocenters. The van der Waals surface area contributed by atoms with Gasteiger partial charge in [-0.3, -0.25) is 17.5 Å². The summed E-state index contributed by atoms with van der Waals surface area (Å²) in [5.74, 6) is 0. The molecule has 0 radical (unpaired) electrons. The summed E-state index contributed by atoms with van der Waals surface area (Å²) < 4.78 is 5.89. The zero-order chi connectivity index (χ0) is 19.9. The molecular formula is C22H26N2O2S2. The van der Waals surface area contributed by atoms with Crippen LogP contribution in [0.3, 0.4) is 0 Å². The minimum absolute atomic E-state index is 0.166. The number of aryl methyl sites for hydroxylation is 2. The maximum Gasteiger partial charge on any atom is 0.268 e. The Labute approximate surface area is 173 Å². The number of hydrogen-bond acceptors (Lipinski definition) is 4. The Kier molecular flexibility index (Phi) is 7.23. The Morgan fingerprint density at radius 2 is 1.07 bits per heavy atom. The van der Waals surface area contributed by atoms with Crippen LogP contribution in [0.15, 0.2) is 58.1 Å². The van der Waals surface area contributed by atoms with Crippen molar-refractivity contribution in [2.24, 2.45) is 0 Å². The molecule has 0 amide bonds. The average molecular weight is 415 g/mol. The monoisotopic (exact) mass is 414 g/mol. The third-order valence-electron chi connectivity index (χ3n) is 4.53. The molecule has 0 saturated carbocycles. The van der Waals surface area contributed by atoms with Crippen molar-refractivity contribution in [3.05, 3.63) is 69.2 Å². The molecule has 4 nitrogen and oxygen atoms in total.